The number of carbonyl (C=O) groups excluding carboxylic acids is 1. The Bertz CT molecular complexity index is 282. The van der Waals surface area contributed by atoms with Crippen LogP contribution in [0.25, 0.3) is 0 Å². The van der Waals surface area contributed by atoms with Crippen molar-refractivity contribution in [3.8, 4) is 0 Å². The van der Waals surface area contributed by atoms with Crippen molar-refractivity contribution in [3.05, 3.63) is 0 Å². The second-order valence-electron chi connectivity index (χ2n) is 4.20. The van der Waals surface area contributed by atoms with Crippen molar-refractivity contribution in [2.45, 2.75) is 38.5 Å². The molecule has 0 aromatic rings. The second kappa shape index (κ2) is 4.75. The van der Waals surface area contributed by atoms with E-state index in [0.29, 0.717) is 0 Å². The number of hydrogen-bond acceptors (Lipinski definition) is 2. The van der Waals surface area contributed by atoms with Crippen LogP contribution < -0.4 is 0 Å². The monoisotopic (exact) mass is 263 g/mol. The number of likely N-dealkylation sites (N-methyl/N-ethyl adjacent to an activating group) is 1. The van der Waals surface area contributed by atoms with E-state index < -0.39 is 30.2 Å². The molecule has 0 unspecified atom stereocenters. The van der Waals surface area contributed by atoms with Gasteiger partial charge < -0.3 is 10.0 Å². The van der Waals surface area contributed by atoms with E-state index in [2.05, 4.69) is 0 Å². The molecule has 0 aliphatic carbocycles. The van der Waals surface area contributed by atoms with Gasteiger partial charge in [0.25, 0.3) is 0 Å². The van der Waals surface area contributed by atoms with E-state index in [1.165, 1.54) is 20.8 Å². The van der Waals surface area contributed by atoms with Crippen molar-refractivity contribution in [2.75, 3.05) is 13.1 Å². The van der Waals surface area contributed by atoms with Gasteiger partial charge in [-0.2, -0.15) is 22.0 Å². The SMILES string of the molecule is CCN(CC(C)(C)O)C(=O)C(F)(F)C(F)(F)F. The molecule has 0 rings (SSSR count). The van der Waals surface area contributed by atoms with Crippen LogP contribution in [0.5, 0.6) is 0 Å². The van der Waals surface area contributed by atoms with Gasteiger partial charge in [0.15, 0.2) is 0 Å². The molecule has 0 saturated heterocycles. The van der Waals surface area contributed by atoms with Gasteiger partial charge in [0.05, 0.1) is 5.60 Å². The molecule has 0 aliphatic rings. The largest absolute Gasteiger partial charge is 0.463 e. The first kappa shape index (κ1) is 16.1. The molecule has 0 heterocycles. The lowest BCUT2D eigenvalue weighted by Gasteiger charge is -2.31. The lowest BCUT2D eigenvalue weighted by atomic mass is 10.1. The number of halogens is 5. The van der Waals surface area contributed by atoms with E-state index in [-0.39, 0.29) is 11.4 Å². The number of carbonyl (C=O) groups is 1. The Morgan fingerprint density at radius 1 is 1.18 bits per heavy atom. The van der Waals surface area contributed by atoms with E-state index in [4.69, 9.17) is 0 Å². The van der Waals surface area contributed by atoms with Crippen molar-refractivity contribution in [1.82, 2.24) is 4.90 Å². The molecule has 1 amide bonds. The molecule has 0 aromatic heterocycles. The summed E-state index contributed by atoms with van der Waals surface area (Å²) in [4.78, 5) is 11.3. The second-order valence-corrected chi connectivity index (χ2v) is 4.20. The topological polar surface area (TPSA) is 40.5 Å². The maximum absolute atomic E-state index is 12.7. The lowest BCUT2D eigenvalue weighted by molar-refractivity contribution is -0.275. The third-order valence-electron chi connectivity index (χ3n) is 1.87. The minimum Gasteiger partial charge on any atom is -0.389 e. The van der Waals surface area contributed by atoms with E-state index >= 15 is 0 Å². The molecule has 0 atom stereocenters. The van der Waals surface area contributed by atoms with Crippen LogP contribution in [0.3, 0.4) is 0 Å². The summed E-state index contributed by atoms with van der Waals surface area (Å²) in [6, 6.07) is 0. The van der Waals surface area contributed by atoms with Crippen molar-refractivity contribution in [3.63, 3.8) is 0 Å². The van der Waals surface area contributed by atoms with E-state index in [1.807, 2.05) is 0 Å². The first-order chi connectivity index (χ1) is 7.33. The molecule has 0 fully saturated rings. The number of hydrogen-bond donors (Lipinski definition) is 1. The Morgan fingerprint density at radius 3 is 1.82 bits per heavy atom. The van der Waals surface area contributed by atoms with Crippen LogP contribution in [0.4, 0.5) is 22.0 Å². The van der Waals surface area contributed by atoms with Gasteiger partial charge in [-0.15, -0.1) is 0 Å². The average molecular weight is 263 g/mol. The van der Waals surface area contributed by atoms with E-state index in [1.54, 1.807) is 0 Å². The third kappa shape index (κ3) is 4.10. The molecule has 102 valence electrons. The van der Waals surface area contributed by atoms with Gasteiger partial charge in [0, 0.05) is 13.1 Å². The quantitative estimate of drug-likeness (QED) is 0.786. The number of amides is 1. The van der Waals surface area contributed by atoms with Crippen LogP contribution in [0, 0.1) is 0 Å². The molecule has 1 N–H and O–H groups in total. The van der Waals surface area contributed by atoms with Crippen molar-refractivity contribution < 1.29 is 31.9 Å². The summed E-state index contributed by atoms with van der Waals surface area (Å²) in [6.45, 7) is 2.70. The van der Waals surface area contributed by atoms with Gasteiger partial charge >= 0.3 is 18.0 Å². The highest BCUT2D eigenvalue weighted by Gasteiger charge is 2.64. The zero-order valence-corrected chi connectivity index (χ0v) is 9.61. The van der Waals surface area contributed by atoms with Crippen LogP contribution >= 0.6 is 0 Å². The molecule has 0 spiro atoms. The number of alkyl halides is 5. The van der Waals surface area contributed by atoms with Crippen LogP contribution in [0.15, 0.2) is 0 Å². The maximum atomic E-state index is 12.7. The van der Waals surface area contributed by atoms with Crippen LogP contribution in [0.2, 0.25) is 0 Å². The summed E-state index contributed by atoms with van der Waals surface area (Å²) in [6.07, 6.45) is -5.93. The average Bonchev–Trinajstić information content (AvgIpc) is 2.09. The number of nitrogens with zero attached hydrogens (tertiary/aromatic N) is 1. The first-order valence-electron chi connectivity index (χ1n) is 4.79. The van der Waals surface area contributed by atoms with Gasteiger partial charge in [-0.25, -0.2) is 0 Å². The smallest absolute Gasteiger partial charge is 0.389 e. The van der Waals surface area contributed by atoms with E-state index in [0.717, 1.165) is 0 Å². The predicted octanol–water partition coefficient (Wildman–Crippen LogP) is 1.80. The highest BCUT2D eigenvalue weighted by molar-refractivity contribution is 5.84. The molecular formula is C9H14F5NO2. The van der Waals surface area contributed by atoms with E-state index in [9.17, 15) is 31.9 Å². The maximum Gasteiger partial charge on any atom is 0.463 e. The molecule has 0 saturated carbocycles. The Morgan fingerprint density at radius 2 is 1.59 bits per heavy atom. The fraction of sp³-hybridized carbons (Fsp3) is 0.889. The summed E-state index contributed by atoms with van der Waals surface area (Å²) < 4.78 is 61.3. The molecule has 0 bridgehead atoms. The minimum absolute atomic E-state index is 0.271. The van der Waals surface area contributed by atoms with Gasteiger partial charge in [-0.3, -0.25) is 4.79 Å². The number of aliphatic hydroxyl groups is 1. The Labute approximate surface area is 95.2 Å². The Kier molecular flexibility index (Phi) is 4.50. The van der Waals surface area contributed by atoms with Gasteiger partial charge in [0.1, 0.15) is 0 Å². The summed E-state index contributed by atoms with van der Waals surface area (Å²) in [5, 5.41) is 9.32. The molecule has 8 heteroatoms. The molecule has 3 nitrogen and oxygen atoms in total. The third-order valence-corrected chi connectivity index (χ3v) is 1.87. The molecule has 0 aliphatic heterocycles. The lowest BCUT2D eigenvalue weighted by Crippen LogP contribution is -2.54. The van der Waals surface area contributed by atoms with Crippen LogP contribution in [-0.2, 0) is 4.79 Å². The van der Waals surface area contributed by atoms with Crippen LogP contribution in [-0.4, -0.2) is 46.7 Å². The van der Waals surface area contributed by atoms with Gasteiger partial charge in [-0.05, 0) is 20.8 Å². The fourth-order valence-electron chi connectivity index (χ4n) is 1.11. The standard InChI is InChI=1S/C9H14F5NO2/c1-4-15(5-7(2,3)17)6(16)8(10,11)9(12,13)14/h17H,4-5H2,1-3H3. The molecule has 0 aromatic carbocycles. The Hall–Kier alpha value is -0.920. The van der Waals surface area contributed by atoms with Gasteiger partial charge in [-0.1, -0.05) is 0 Å². The summed E-state index contributed by atoms with van der Waals surface area (Å²) in [5.74, 6) is -7.79. The summed E-state index contributed by atoms with van der Waals surface area (Å²) in [5.41, 5.74) is -1.55. The van der Waals surface area contributed by atoms with Gasteiger partial charge in [0.2, 0.25) is 0 Å². The van der Waals surface area contributed by atoms with Crippen molar-refractivity contribution >= 4 is 5.91 Å². The highest BCUT2D eigenvalue weighted by atomic mass is 19.4. The zero-order chi connectivity index (χ0) is 14.1. The van der Waals surface area contributed by atoms with Crippen molar-refractivity contribution in [1.29, 1.82) is 0 Å². The minimum atomic E-state index is -5.93. The summed E-state index contributed by atoms with van der Waals surface area (Å²) >= 11 is 0. The first-order valence-corrected chi connectivity index (χ1v) is 4.79. The Balaban J connectivity index is 5.01. The fourth-order valence-corrected chi connectivity index (χ4v) is 1.11. The van der Waals surface area contributed by atoms with Crippen LogP contribution in [0.1, 0.15) is 20.8 Å². The predicted molar refractivity (Wildman–Crippen MR) is 49.6 cm³/mol. The zero-order valence-electron chi connectivity index (χ0n) is 9.61. The summed E-state index contributed by atoms with van der Waals surface area (Å²) in [7, 11) is 0. The molecule has 0 radical (unpaired) electrons. The van der Waals surface area contributed by atoms with Crippen molar-refractivity contribution in [2.24, 2.45) is 0 Å². The number of rotatable bonds is 4. The highest BCUT2D eigenvalue weighted by Crippen LogP contribution is 2.37. The molecular weight excluding hydrogens is 249 g/mol. The normalized spacial score (nSPS) is 13.7. The molecule has 17 heavy (non-hydrogen) atoms.